The highest BCUT2D eigenvalue weighted by Gasteiger charge is 2.16. The number of nitrogen functional groups attached to an aromatic ring is 1. The fourth-order valence-electron chi connectivity index (χ4n) is 3.09. The molecule has 5 N–H and O–H groups in total. The molecule has 1 saturated heterocycles. The van der Waals surface area contributed by atoms with Gasteiger partial charge in [-0.1, -0.05) is 0 Å². The first-order chi connectivity index (χ1) is 11.3. The number of H-pyrrole nitrogens is 1. The second-order valence-corrected chi connectivity index (χ2v) is 5.76. The number of hydrogen-bond acceptors (Lipinski definition) is 6. The van der Waals surface area contributed by atoms with Crippen LogP contribution in [0.25, 0.3) is 22.3 Å². The summed E-state index contributed by atoms with van der Waals surface area (Å²) in [5.41, 5.74) is 9.37. The first-order valence-corrected chi connectivity index (χ1v) is 7.83. The van der Waals surface area contributed by atoms with Crippen molar-refractivity contribution in [2.75, 3.05) is 24.1 Å². The molecule has 4 heterocycles. The average Bonchev–Trinajstić information content (AvgIpc) is 3.22. The van der Waals surface area contributed by atoms with Crippen LogP contribution in [0.1, 0.15) is 12.8 Å². The molecule has 3 aromatic rings. The summed E-state index contributed by atoms with van der Waals surface area (Å²) in [5.74, 6) is 0.269. The SMILES string of the molecule is Nc1nccc(-c2c[nH]c3nccc(NC[C@H]4CCCN4)c23)n1. The molecular formula is C16H19N7. The molecule has 4 rings (SSSR count). The van der Waals surface area contributed by atoms with E-state index in [9.17, 15) is 0 Å². The Labute approximate surface area is 133 Å². The molecule has 3 aromatic heterocycles. The monoisotopic (exact) mass is 309 g/mol. The van der Waals surface area contributed by atoms with Gasteiger partial charge in [-0.2, -0.15) is 0 Å². The second-order valence-electron chi connectivity index (χ2n) is 5.76. The smallest absolute Gasteiger partial charge is 0.220 e. The largest absolute Gasteiger partial charge is 0.383 e. The topological polar surface area (TPSA) is 105 Å². The normalized spacial score (nSPS) is 17.7. The maximum atomic E-state index is 5.72. The van der Waals surface area contributed by atoms with Crippen molar-refractivity contribution in [3.8, 4) is 11.3 Å². The lowest BCUT2D eigenvalue weighted by atomic mass is 10.1. The van der Waals surface area contributed by atoms with E-state index >= 15 is 0 Å². The van der Waals surface area contributed by atoms with E-state index in [0.717, 1.165) is 41.1 Å². The van der Waals surface area contributed by atoms with E-state index in [2.05, 4.69) is 30.6 Å². The molecule has 1 atom stereocenters. The standard InChI is InChI=1S/C16H19N7/c17-16-20-7-3-12(23-16)11-9-22-15-14(11)13(4-6-19-15)21-8-10-2-1-5-18-10/h3-4,6-7,9-10,18H,1-2,5,8H2,(H2,17,20,23)(H2,19,21,22)/t10-/m1/s1. The Morgan fingerprint density at radius 3 is 3.00 bits per heavy atom. The molecule has 7 nitrogen and oxygen atoms in total. The summed E-state index contributed by atoms with van der Waals surface area (Å²) in [5, 5.41) is 8.07. The van der Waals surface area contributed by atoms with Crippen LogP contribution in [0.5, 0.6) is 0 Å². The van der Waals surface area contributed by atoms with Crippen molar-refractivity contribution in [2.24, 2.45) is 0 Å². The Balaban J connectivity index is 1.71. The Morgan fingerprint density at radius 1 is 1.26 bits per heavy atom. The lowest BCUT2D eigenvalue weighted by Gasteiger charge is -2.14. The van der Waals surface area contributed by atoms with Gasteiger partial charge in [-0.05, 0) is 31.5 Å². The fraction of sp³-hybridized carbons (Fsp3) is 0.312. The van der Waals surface area contributed by atoms with Crippen LogP contribution < -0.4 is 16.4 Å². The van der Waals surface area contributed by atoms with Crippen molar-refractivity contribution in [3.05, 3.63) is 30.7 Å². The molecule has 1 fully saturated rings. The molecule has 0 aliphatic carbocycles. The van der Waals surface area contributed by atoms with Gasteiger partial charge in [-0.25, -0.2) is 15.0 Å². The van der Waals surface area contributed by atoms with Crippen molar-refractivity contribution in [3.63, 3.8) is 0 Å². The summed E-state index contributed by atoms with van der Waals surface area (Å²) < 4.78 is 0. The van der Waals surface area contributed by atoms with Crippen molar-refractivity contribution in [2.45, 2.75) is 18.9 Å². The van der Waals surface area contributed by atoms with E-state index in [-0.39, 0.29) is 5.95 Å². The van der Waals surface area contributed by atoms with Gasteiger partial charge in [0.2, 0.25) is 5.95 Å². The van der Waals surface area contributed by atoms with Crippen LogP contribution in [0.4, 0.5) is 11.6 Å². The van der Waals surface area contributed by atoms with E-state index in [1.807, 2.05) is 18.3 Å². The van der Waals surface area contributed by atoms with Crippen LogP contribution in [0.15, 0.2) is 30.7 Å². The van der Waals surface area contributed by atoms with E-state index in [1.54, 1.807) is 12.4 Å². The Kier molecular flexibility index (Phi) is 3.55. The number of aromatic amines is 1. The summed E-state index contributed by atoms with van der Waals surface area (Å²) in [7, 11) is 0. The predicted molar refractivity (Wildman–Crippen MR) is 91.0 cm³/mol. The number of nitrogens with one attached hydrogen (secondary N) is 3. The van der Waals surface area contributed by atoms with Crippen LogP contribution in [0.2, 0.25) is 0 Å². The lowest BCUT2D eigenvalue weighted by Crippen LogP contribution is -2.29. The van der Waals surface area contributed by atoms with Crippen LogP contribution in [-0.4, -0.2) is 39.1 Å². The minimum atomic E-state index is 0.269. The first-order valence-electron chi connectivity index (χ1n) is 7.83. The van der Waals surface area contributed by atoms with Gasteiger partial charge in [0.1, 0.15) is 5.65 Å². The predicted octanol–water partition coefficient (Wildman–Crippen LogP) is 1.77. The van der Waals surface area contributed by atoms with Gasteiger partial charge in [0.05, 0.1) is 11.1 Å². The molecule has 0 saturated carbocycles. The van der Waals surface area contributed by atoms with Gasteiger partial charge < -0.3 is 21.4 Å². The van der Waals surface area contributed by atoms with E-state index in [1.165, 1.54) is 12.8 Å². The quantitative estimate of drug-likeness (QED) is 0.585. The third-order valence-corrected chi connectivity index (χ3v) is 4.22. The van der Waals surface area contributed by atoms with Gasteiger partial charge in [0.25, 0.3) is 0 Å². The first kappa shape index (κ1) is 14.0. The van der Waals surface area contributed by atoms with Gasteiger partial charge in [-0.3, -0.25) is 0 Å². The summed E-state index contributed by atoms with van der Waals surface area (Å²) in [6.07, 6.45) is 7.85. The van der Waals surface area contributed by atoms with Crippen LogP contribution in [-0.2, 0) is 0 Å². The molecule has 0 radical (unpaired) electrons. The zero-order valence-electron chi connectivity index (χ0n) is 12.7. The molecule has 0 spiro atoms. The van der Waals surface area contributed by atoms with Gasteiger partial charge in [0, 0.05) is 42.4 Å². The average molecular weight is 309 g/mol. The highest BCUT2D eigenvalue weighted by atomic mass is 15.0. The third kappa shape index (κ3) is 2.70. The maximum absolute atomic E-state index is 5.72. The lowest BCUT2D eigenvalue weighted by molar-refractivity contribution is 0.634. The number of anilines is 2. The fourth-order valence-corrected chi connectivity index (χ4v) is 3.09. The third-order valence-electron chi connectivity index (χ3n) is 4.22. The molecule has 0 bridgehead atoms. The van der Waals surface area contributed by atoms with Gasteiger partial charge in [-0.15, -0.1) is 0 Å². The Bertz CT molecular complexity index is 820. The van der Waals surface area contributed by atoms with E-state index < -0.39 is 0 Å². The molecule has 1 aliphatic rings. The number of aromatic nitrogens is 4. The molecule has 7 heteroatoms. The number of nitrogens with zero attached hydrogens (tertiary/aromatic N) is 3. The van der Waals surface area contributed by atoms with Crippen molar-refractivity contribution in [1.29, 1.82) is 0 Å². The van der Waals surface area contributed by atoms with Crippen molar-refractivity contribution < 1.29 is 0 Å². The second kappa shape index (κ2) is 5.85. The van der Waals surface area contributed by atoms with Crippen molar-refractivity contribution >= 4 is 22.7 Å². The highest BCUT2D eigenvalue weighted by molar-refractivity contribution is 6.01. The zero-order valence-corrected chi connectivity index (χ0v) is 12.7. The Morgan fingerprint density at radius 2 is 2.17 bits per heavy atom. The zero-order chi connectivity index (χ0) is 15.6. The molecule has 118 valence electrons. The number of pyridine rings is 1. The maximum Gasteiger partial charge on any atom is 0.220 e. The number of hydrogen-bond donors (Lipinski definition) is 4. The van der Waals surface area contributed by atoms with E-state index in [0.29, 0.717) is 6.04 Å². The van der Waals surface area contributed by atoms with Crippen LogP contribution in [0, 0.1) is 0 Å². The van der Waals surface area contributed by atoms with Crippen LogP contribution in [0.3, 0.4) is 0 Å². The highest BCUT2D eigenvalue weighted by Crippen LogP contribution is 2.32. The number of fused-ring (bicyclic) bond motifs is 1. The van der Waals surface area contributed by atoms with Crippen LogP contribution >= 0.6 is 0 Å². The van der Waals surface area contributed by atoms with Gasteiger partial charge in [0.15, 0.2) is 0 Å². The molecule has 0 aromatic carbocycles. The number of rotatable bonds is 4. The Hall–Kier alpha value is -2.67. The molecule has 0 amide bonds. The summed E-state index contributed by atoms with van der Waals surface area (Å²) in [6.45, 7) is 2.00. The van der Waals surface area contributed by atoms with Crippen molar-refractivity contribution in [1.82, 2.24) is 25.3 Å². The molecule has 23 heavy (non-hydrogen) atoms. The summed E-state index contributed by atoms with van der Waals surface area (Å²) in [6, 6.07) is 4.38. The summed E-state index contributed by atoms with van der Waals surface area (Å²) >= 11 is 0. The molecule has 0 unspecified atom stereocenters. The molecule has 1 aliphatic heterocycles. The summed E-state index contributed by atoms with van der Waals surface area (Å²) in [4.78, 5) is 15.9. The minimum absolute atomic E-state index is 0.269. The molecular weight excluding hydrogens is 290 g/mol. The minimum Gasteiger partial charge on any atom is -0.383 e. The van der Waals surface area contributed by atoms with E-state index in [4.69, 9.17) is 5.73 Å². The van der Waals surface area contributed by atoms with Gasteiger partial charge >= 0.3 is 0 Å². The number of nitrogens with two attached hydrogens (primary N) is 1.